The van der Waals surface area contributed by atoms with Gasteiger partial charge in [0.2, 0.25) is 0 Å². The molecule has 152 valence electrons. The van der Waals surface area contributed by atoms with E-state index in [1.807, 2.05) is 41.3 Å². The molecule has 4 rings (SSSR count). The minimum atomic E-state index is -0.454. The Hall–Kier alpha value is -2.61. The van der Waals surface area contributed by atoms with E-state index in [-0.39, 0.29) is 5.91 Å². The molecule has 2 nitrogen and oxygen atoms in total. The molecule has 1 heterocycles. The summed E-state index contributed by atoms with van der Waals surface area (Å²) in [6.07, 6.45) is 0.872. The van der Waals surface area contributed by atoms with Crippen molar-refractivity contribution in [3.05, 3.63) is 108 Å². The molecule has 1 aliphatic heterocycles. The van der Waals surface area contributed by atoms with Crippen LogP contribution in [0.5, 0.6) is 0 Å². The molecule has 0 aromatic heterocycles. The minimum absolute atomic E-state index is 0.208. The molecule has 30 heavy (non-hydrogen) atoms. The van der Waals surface area contributed by atoms with Gasteiger partial charge in [-0.15, -0.1) is 0 Å². The molecule has 0 spiro atoms. The summed E-state index contributed by atoms with van der Waals surface area (Å²) in [5.41, 5.74) is 5.31. The van der Waals surface area contributed by atoms with Crippen LogP contribution in [-0.2, 0) is 10.1 Å². The van der Waals surface area contributed by atoms with Crippen LogP contribution in [-0.4, -0.2) is 20.9 Å². The van der Waals surface area contributed by atoms with Gasteiger partial charge in [0.25, 0.3) is 0 Å². The Morgan fingerprint density at radius 3 is 2.00 bits per heavy atom. The monoisotopic (exact) mass is 461 g/mol. The van der Waals surface area contributed by atoms with E-state index in [2.05, 4.69) is 68.4 Å². The van der Waals surface area contributed by atoms with Crippen LogP contribution in [0, 0.1) is 5.41 Å². The van der Waals surface area contributed by atoms with Crippen molar-refractivity contribution in [2.24, 2.45) is 5.41 Å². The normalized spacial score (nSPS) is 18.9. The third kappa shape index (κ3) is 3.88. The molecule has 0 saturated heterocycles. The van der Waals surface area contributed by atoms with Crippen LogP contribution < -0.4 is 4.90 Å². The predicted octanol–water partition coefficient (Wildman–Crippen LogP) is 6.18. The Kier molecular flexibility index (Phi) is 6.22. The number of hydrogen-bond donors (Lipinski definition) is 0. The SMILES string of the molecule is CCC1=C(c2ccccc2)N(c2ccccc2)C(=O)C1(C)C[Se]Cc1ccccc1. The molecule has 1 unspecified atom stereocenters. The van der Waals surface area contributed by atoms with Crippen molar-refractivity contribution in [2.45, 2.75) is 30.9 Å². The first-order chi connectivity index (χ1) is 14.6. The van der Waals surface area contributed by atoms with Gasteiger partial charge in [-0.25, -0.2) is 0 Å². The van der Waals surface area contributed by atoms with Crippen LogP contribution in [0.3, 0.4) is 0 Å². The van der Waals surface area contributed by atoms with Crippen LogP contribution in [0.25, 0.3) is 5.70 Å². The van der Waals surface area contributed by atoms with E-state index in [0.717, 1.165) is 34.0 Å². The number of nitrogens with zero attached hydrogens (tertiary/aromatic N) is 1. The van der Waals surface area contributed by atoms with E-state index in [9.17, 15) is 4.79 Å². The summed E-state index contributed by atoms with van der Waals surface area (Å²) in [5, 5.41) is 1.97. The van der Waals surface area contributed by atoms with Gasteiger partial charge >= 0.3 is 186 Å². The Morgan fingerprint density at radius 2 is 1.40 bits per heavy atom. The third-order valence-corrected chi connectivity index (χ3v) is 8.54. The number of benzene rings is 3. The quantitative estimate of drug-likeness (QED) is 0.386. The number of carbonyl (C=O) groups is 1. The van der Waals surface area contributed by atoms with Crippen molar-refractivity contribution in [1.82, 2.24) is 0 Å². The van der Waals surface area contributed by atoms with Crippen molar-refractivity contribution < 1.29 is 4.79 Å². The molecular weight excluding hydrogens is 433 g/mol. The molecule has 0 bridgehead atoms. The van der Waals surface area contributed by atoms with Gasteiger partial charge in [0, 0.05) is 0 Å². The topological polar surface area (TPSA) is 20.3 Å². The van der Waals surface area contributed by atoms with Gasteiger partial charge in [-0.3, -0.25) is 0 Å². The number of amides is 1. The maximum absolute atomic E-state index is 13.9. The van der Waals surface area contributed by atoms with Crippen LogP contribution in [0.1, 0.15) is 31.4 Å². The standard InChI is InChI=1S/C27H27NOSe/c1-3-24-25(22-15-9-5-10-16-22)28(23-17-11-6-12-18-23)26(29)27(24,2)20-30-19-21-13-7-4-8-14-21/h4-18H,3,19-20H2,1-2H3. The Labute approximate surface area is 185 Å². The van der Waals surface area contributed by atoms with Crippen LogP contribution in [0.2, 0.25) is 5.32 Å². The second-order valence-corrected chi connectivity index (χ2v) is 9.90. The molecule has 0 fully saturated rings. The Balaban J connectivity index is 1.72. The fourth-order valence-electron chi connectivity index (χ4n) is 4.25. The second kappa shape index (κ2) is 9.04. The molecular formula is C27H27NOSe. The number of anilines is 1. The van der Waals surface area contributed by atoms with E-state index in [4.69, 9.17) is 0 Å². The summed E-state index contributed by atoms with van der Waals surface area (Å²) >= 11 is 0.348. The summed E-state index contributed by atoms with van der Waals surface area (Å²) in [7, 11) is 0. The van der Waals surface area contributed by atoms with Gasteiger partial charge < -0.3 is 0 Å². The number of rotatable bonds is 7. The van der Waals surface area contributed by atoms with Crippen molar-refractivity contribution in [3.8, 4) is 0 Å². The first kappa shape index (κ1) is 20.7. The fourth-order valence-corrected chi connectivity index (χ4v) is 6.84. The van der Waals surface area contributed by atoms with Gasteiger partial charge in [0.05, 0.1) is 0 Å². The number of para-hydroxylation sites is 1. The zero-order valence-electron chi connectivity index (χ0n) is 17.5. The van der Waals surface area contributed by atoms with E-state index in [1.54, 1.807) is 0 Å². The third-order valence-electron chi connectivity index (χ3n) is 5.77. The fraction of sp³-hybridized carbons (Fsp3) is 0.222. The first-order valence-corrected chi connectivity index (χ1v) is 12.9. The molecule has 3 aromatic carbocycles. The summed E-state index contributed by atoms with van der Waals surface area (Å²) in [6, 6.07) is 31.1. The second-order valence-electron chi connectivity index (χ2n) is 7.83. The van der Waals surface area contributed by atoms with Gasteiger partial charge in [-0.2, -0.15) is 0 Å². The zero-order valence-corrected chi connectivity index (χ0v) is 19.3. The number of carbonyl (C=O) groups excluding carboxylic acids is 1. The Bertz CT molecular complexity index is 1030. The summed E-state index contributed by atoms with van der Waals surface area (Å²) in [5.74, 6) is 0.208. The number of hydrogen-bond acceptors (Lipinski definition) is 1. The molecule has 1 atom stereocenters. The molecule has 1 aliphatic rings. The maximum atomic E-state index is 13.9. The first-order valence-electron chi connectivity index (χ1n) is 10.5. The summed E-state index contributed by atoms with van der Waals surface area (Å²) in [4.78, 5) is 15.9. The van der Waals surface area contributed by atoms with E-state index >= 15 is 0 Å². The van der Waals surface area contributed by atoms with Crippen LogP contribution in [0.4, 0.5) is 5.69 Å². The van der Waals surface area contributed by atoms with Crippen molar-refractivity contribution in [3.63, 3.8) is 0 Å². The summed E-state index contributed by atoms with van der Waals surface area (Å²) in [6.45, 7) is 4.34. The molecule has 3 heteroatoms. The molecule has 0 saturated carbocycles. The predicted molar refractivity (Wildman–Crippen MR) is 126 cm³/mol. The molecule has 0 N–H and O–H groups in total. The van der Waals surface area contributed by atoms with Crippen molar-refractivity contribution in [1.29, 1.82) is 0 Å². The van der Waals surface area contributed by atoms with Gasteiger partial charge in [-0.05, 0) is 0 Å². The van der Waals surface area contributed by atoms with Gasteiger partial charge in [0.1, 0.15) is 0 Å². The van der Waals surface area contributed by atoms with E-state index in [0.29, 0.717) is 15.0 Å². The molecule has 3 aromatic rings. The van der Waals surface area contributed by atoms with E-state index < -0.39 is 5.41 Å². The van der Waals surface area contributed by atoms with Crippen molar-refractivity contribution >= 4 is 32.2 Å². The molecule has 0 radical (unpaired) electrons. The van der Waals surface area contributed by atoms with E-state index in [1.165, 1.54) is 11.1 Å². The van der Waals surface area contributed by atoms with Gasteiger partial charge in [-0.1, -0.05) is 0 Å². The average molecular weight is 460 g/mol. The van der Waals surface area contributed by atoms with Crippen LogP contribution >= 0.6 is 0 Å². The summed E-state index contributed by atoms with van der Waals surface area (Å²) < 4.78 is 0. The molecule has 1 amide bonds. The molecule has 0 aliphatic carbocycles. The Morgan fingerprint density at radius 1 is 0.833 bits per heavy atom. The van der Waals surface area contributed by atoms with Crippen molar-refractivity contribution in [2.75, 3.05) is 4.90 Å². The van der Waals surface area contributed by atoms with Crippen LogP contribution in [0.15, 0.2) is 96.6 Å². The zero-order chi connectivity index (χ0) is 21.0. The van der Waals surface area contributed by atoms with Gasteiger partial charge in [0.15, 0.2) is 0 Å². The average Bonchev–Trinajstić information content (AvgIpc) is 3.02.